The Kier molecular flexibility index (Phi) is 4.72. The summed E-state index contributed by atoms with van der Waals surface area (Å²) >= 11 is 3.35. The third kappa shape index (κ3) is 3.53. The van der Waals surface area contributed by atoms with Gasteiger partial charge in [0.2, 0.25) is 5.91 Å². The zero-order valence-electron chi connectivity index (χ0n) is 10.4. The van der Waals surface area contributed by atoms with E-state index in [0.717, 1.165) is 23.9 Å². The SMILES string of the molecule is CCOC1CC(CC(=O)Nc2ncccc2Br)C1. The highest BCUT2D eigenvalue weighted by Gasteiger charge is 2.31. The molecular weight excluding hydrogens is 296 g/mol. The molecule has 1 fully saturated rings. The zero-order chi connectivity index (χ0) is 13.0. The first-order chi connectivity index (χ1) is 8.69. The van der Waals surface area contributed by atoms with E-state index in [9.17, 15) is 4.79 Å². The molecule has 2 rings (SSSR count). The highest BCUT2D eigenvalue weighted by molar-refractivity contribution is 9.10. The van der Waals surface area contributed by atoms with Crippen LogP contribution >= 0.6 is 15.9 Å². The van der Waals surface area contributed by atoms with E-state index >= 15 is 0 Å². The van der Waals surface area contributed by atoms with E-state index in [4.69, 9.17) is 4.74 Å². The Morgan fingerprint density at radius 3 is 3.06 bits per heavy atom. The molecule has 0 unspecified atom stereocenters. The average Bonchev–Trinajstić information content (AvgIpc) is 2.29. The van der Waals surface area contributed by atoms with Gasteiger partial charge in [-0.15, -0.1) is 0 Å². The molecule has 1 N–H and O–H groups in total. The van der Waals surface area contributed by atoms with Gasteiger partial charge in [-0.2, -0.15) is 0 Å². The lowest BCUT2D eigenvalue weighted by molar-refractivity contribution is -0.119. The fourth-order valence-corrected chi connectivity index (χ4v) is 2.49. The lowest BCUT2D eigenvalue weighted by Crippen LogP contribution is -2.34. The molecule has 98 valence electrons. The zero-order valence-corrected chi connectivity index (χ0v) is 11.9. The number of amides is 1. The number of hydrogen-bond donors (Lipinski definition) is 1. The molecule has 0 atom stereocenters. The minimum Gasteiger partial charge on any atom is -0.378 e. The lowest BCUT2D eigenvalue weighted by atomic mass is 9.80. The number of carbonyl (C=O) groups is 1. The Morgan fingerprint density at radius 1 is 1.61 bits per heavy atom. The Labute approximate surface area is 115 Å². The third-order valence-electron chi connectivity index (χ3n) is 3.09. The quantitative estimate of drug-likeness (QED) is 0.909. The van der Waals surface area contributed by atoms with E-state index in [1.165, 1.54) is 0 Å². The number of ether oxygens (including phenoxy) is 1. The van der Waals surface area contributed by atoms with Crippen molar-refractivity contribution in [3.63, 3.8) is 0 Å². The predicted octanol–water partition coefficient (Wildman–Crippen LogP) is 2.99. The molecule has 1 aliphatic carbocycles. The number of halogens is 1. The summed E-state index contributed by atoms with van der Waals surface area (Å²) in [7, 11) is 0. The van der Waals surface area contributed by atoms with Crippen molar-refractivity contribution in [1.29, 1.82) is 0 Å². The molecule has 0 spiro atoms. The van der Waals surface area contributed by atoms with Crippen LogP contribution in [-0.2, 0) is 9.53 Å². The van der Waals surface area contributed by atoms with E-state index in [1.807, 2.05) is 19.1 Å². The smallest absolute Gasteiger partial charge is 0.225 e. The maximum Gasteiger partial charge on any atom is 0.225 e. The number of nitrogens with zero attached hydrogens (tertiary/aromatic N) is 1. The summed E-state index contributed by atoms with van der Waals surface area (Å²) in [5.74, 6) is 1.06. The van der Waals surface area contributed by atoms with E-state index in [0.29, 0.717) is 24.3 Å². The van der Waals surface area contributed by atoms with Crippen LogP contribution in [0, 0.1) is 5.92 Å². The van der Waals surface area contributed by atoms with Gasteiger partial charge in [0.25, 0.3) is 0 Å². The van der Waals surface area contributed by atoms with Crippen LogP contribution in [0.2, 0.25) is 0 Å². The number of nitrogens with one attached hydrogen (secondary N) is 1. The number of aromatic nitrogens is 1. The van der Waals surface area contributed by atoms with Crippen molar-refractivity contribution in [2.45, 2.75) is 32.3 Å². The van der Waals surface area contributed by atoms with E-state index in [2.05, 4.69) is 26.2 Å². The molecule has 5 heteroatoms. The Balaban J connectivity index is 1.75. The van der Waals surface area contributed by atoms with Gasteiger partial charge in [-0.25, -0.2) is 4.98 Å². The van der Waals surface area contributed by atoms with Crippen LogP contribution in [0.1, 0.15) is 26.2 Å². The van der Waals surface area contributed by atoms with Crippen molar-refractivity contribution >= 4 is 27.7 Å². The highest BCUT2D eigenvalue weighted by Crippen LogP contribution is 2.33. The summed E-state index contributed by atoms with van der Waals surface area (Å²) in [5, 5.41) is 2.82. The highest BCUT2D eigenvalue weighted by atomic mass is 79.9. The maximum absolute atomic E-state index is 11.8. The summed E-state index contributed by atoms with van der Waals surface area (Å²) in [6, 6.07) is 3.68. The monoisotopic (exact) mass is 312 g/mol. The molecule has 1 aromatic heterocycles. The largest absolute Gasteiger partial charge is 0.378 e. The first kappa shape index (κ1) is 13.5. The number of pyridine rings is 1. The second kappa shape index (κ2) is 6.29. The molecule has 1 saturated carbocycles. The Hall–Kier alpha value is -0.940. The van der Waals surface area contributed by atoms with Crippen LogP contribution < -0.4 is 5.32 Å². The van der Waals surface area contributed by atoms with Crippen molar-refractivity contribution in [2.75, 3.05) is 11.9 Å². The fraction of sp³-hybridized carbons (Fsp3) is 0.538. The Bertz CT molecular complexity index is 419. The summed E-state index contributed by atoms with van der Waals surface area (Å²) in [4.78, 5) is 15.9. The minimum atomic E-state index is 0.0225. The molecule has 0 aromatic carbocycles. The number of anilines is 1. The van der Waals surface area contributed by atoms with E-state index in [1.54, 1.807) is 6.20 Å². The van der Waals surface area contributed by atoms with Gasteiger partial charge in [-0.05, 0) is 53.7 Å². The standard InChI is InChI=1S/C13H17BrN2O2/c1-2-18-10-6-9(7-10)8-12(17)16-13-11(14)4-3-5-15-13/h3-5,9-10H,2,6-8H2,1H3,(H,15,16,17). The second-order valence-corrected chi connectivity index (χ2v) is 5.36. The van der Waals surface area contributed by atoms with Crippen LogP contribution in [-0.4, -0.2) is 23.6 Å². The molecule has 0 saturated heterocycles. The Morgan fingerprint density at radius 2 is 2.39 bits per heavy atom. The maximum atomic E-state index is 11.8. The summed E-state index contributed by atoms with van der Waals surface area (Å²) in [6.07, 6.45) is 4.55. The molecule has 1 amide bonds. The molecule has 0 radical (unpaired) electrons. The minimum absolute atomic E-state index is 0.0225. The lowest BCUT2D eigenvalue weighted by Gasteiger charge is -2.34. The molecule has 1 aromatic rings. The normalized spacial score (nSPS) is 22.3. The fourth-order valence-electron chi connectivity index (χ4n) is 2.14. The van der Waals surface area contributed by atoms with Crippen molar-refractivity contribution < 1.29 is 9.53 Å². The topological polar surface area (TPSA) is 51.2 Å². The van der Waals surface area contributed by atoms with Crippen molar-refractivity contribution in [1.82, 2.24) is 4.98 Å². The molecule has 1 heterocycles. The van der Waals surface area contributed by atoms with E-state index < -0.39 is 0 Å². The number of hydrogen-bond acceptors (Lipinski definition) is 3. The summed E-state index contributed by atoms with van der Waals surface area (Å²) in [5.41, 5.74) is 0. The van der Waals surface area contributed by atoms with Crippen LogP contribution in [0.25, 0.3) is 0 Å². The van der Waals surface area contributed by atoms with Crippen LogP contribution in [0.3, 0.4) is 0 Å². The van der Waals surface area contributed by atoms with Crippen molar-refractivity contribution in [3.8, 4) is 0 Å². The van der Waals surface area contributed by atoms with Crippen molar-refractivity contribution in [2.24, 2.45) is 5.92 Å². The predicted molar refractivity (Wildman–Crippen MR) is 73.3 cm³/mol. The van der Waals surface area contributed by atoms with Crippen LogP contribution in [0.5, 0.6) is 0 Å². The van der Waals surface area contributed by atoms with Gasteiger partial charge in [0.15, 0.2) is 0 Å². The van der Waals surface area contributed by atoms with Gasteiger partial charge in [0, 0.05) is 19.2 Å². The van der Waals surface area contributed by atoms with Gasteiger partial charge in [-0.1, -0.05) is 0 Å². The molecular formula is C13H17BrN2O2. The number of carbonyl (C=O) groups excluding carboxylic acids is 1. The molecule has 0 aliphatic heterocycles. The molecule has 18 heavy (non-hydrogen) atoms. The van der Waals surface area contributed by atoms with Gasteiger partial charge in [0.05, 0.1) is 10.6 Å². The molecule has 0 bridgehead atoms. The average molecular weight is 313 g/mol. The van der Waals surface area contributed by atoms with Gasteiger partial charge in [-0.3, -0.25) is 4.79 Å². The van der Waals surface area contributed by atoms with Crippen LogP contribution in [0.15, 0.2) is 22.8 Å². The molecule has 1 aliphatic rings. The molecule has 4 nitrogen and oxygen atoms in total. The summed E-state index contributed by atoms with van der Waals surface area (Å²) in [6.45, 7) is 2.75. The first-order valence-electron chi connectivity index (χ1n) is 6.21. The van der Waals surface area contributed by atoms with Crippen molar-refractivity contribution in [3.05, 3.63) is 22.8 Å². The van der Waals surface area contributed by atoms with Gasteiger partial charge < -0.3 is 10.1 Å². The van der Waals surface area contributed by atoms with Gasteiger partial charge in [0.1, 0.15) is 5.82 Å². The van der Waals surface area contributed by atoms with Crippen LogP contribution in [0.4, 0.5) is 5.82 Å². The number of rotatable bonds is 5. The van der Waals surface area contributed by atoms with E-state index in [-0.39, 0.29) is 5.91 Å². The third-order valence-corrected chi connectivity index (χ3v) is 3.73. The first-order valence-corrected chi connectivity index (χ1v) is 7.00. The summed E-state index contributed by atoms with van der Waals surface area (Å²) < 4.78 is 6.28. The second-order valence-electron chi connectivity index (χ2n) is 4.50. The van der Waals surface area contributed by atoms with Gasteiger partial charge >= 0.3 is 0 Å².